The molecule has 0 saturated carbocycles. The van der Waals surface area contributed by atoms with Crippen molar-refractivity contribution in [2.75, 3.05) is 20.7 Å². The normalized spacial score (nSPS) is 11.8. The van der Waals surface area contributed by atoms with E-state index in [-0.39, 0.29) is 11.9 Å². The Labute approximate surface area is 150 Å². The standard InChI is InChI=1S/C21H28N2O2/c1-15-10-16(2)12-17(11-15)13-20(23-21(24)8-9-22-3)18-6-5-7-19(14-18)25-4/h5-7,10-12,14,20,22H,8-9,13H2,1-4H3,(H,23,24). The van der Waals surface area contributed by atoms with Crippen LogP contribution >= 0.6 is 0 Å². The molecule has 2 rings (SSSR count). The van der Waals surface area contributed by atoms with Crippen LogP contribution in [0.5, 0.6) is 5.75 Å². The molecular weight excluding hydrogens is 312 g/mol. The van der Waals surface area contributed by atoms with E-state index in [1.165, 1.54) is 16.7 Å². The van der Waals surface area contributed by atoms with Gasteiger partial charge in [0.05, 0.1) is 13.2 Å². The third-order valence-corrected chi connectivity index (χ3v) is 4.15. The number of rotatable bonds is 8. The fraction of sp³-hybridized carbons (Fsp3) is 0.381. The van der Waals surface area contributed by atoms with Crippen LogP contribution in [0, 0.1) is 13.8 Å². The van der Waals surface area contributed by atoms with Gasteiger partial charge in [-0.3, -0.25) is 4.79 Å². The lowest BCUT2D eigenvalue weighted by molar-refractivity contribution is -0.121. The van der Waals surface area contributed by atoms with E-state index in [4.69, 9.17) is 4.74 Å². The van der Waals surface area contributed by atoms with Gasteiger partial charge in [0.2, 0.25) is 5.91 Å². The molecule has 2 N–H and O–H groups in total. The number of ether oxygens (including phenoxy) is 1. The molecule has 4 heteroatoms. The molecule has 2 aromatic rings. The number of aryl methyl sites for hydroxylation is 2. The molecule has 0 saturated heterocycles. The summed E-state index contributed by atoms with van der Waals surface area (Å²) in [6, 6.07) is 14.3. The molecule has 0 bridgehead atoms. The Morgan fingerprint density at radius 3 is 2.48 bits per heavy atom. The summed E-state index contributed by atoms with van der Waals surface area (Å²) in [5.41, 5.74) is 4.75. The molecule has 0 fully saturated rings. The van der Waals surface area contributed by atoms with E-state index in [2.05, 4.69) is 42.7 Å². The molecule has 2 aromatic carbocycles. The van der Waals surface area contributed by atoms with Crippen LogP contribution in [0.25, 0.3) is 0 Å². The molecule has 0 aliphatic rings. The van der Waals surface area contributed by atoms with E-state index in [9.17, 15) is 4.79 Å². The highest BCUT2D eigenvalue weighted by molar-refractivity contribution is 5.76. The number of hydrogen-bond donors (Lipinski definition) is 2. The topological polar surface area (TPSA) is 50.4 Å². The minimum absolute atomic E-state index is 0.0477. The zero-order valence-electron chi connectivity index (χ0n) is 15.6. The van der Waals surface area contributed by atoms with Crippen LogP contribution in [-0.2, 0) is 11.2 Å². The lowest BCUT2D eigenvalue weighted by Crippen LogP contribution is -2.31. The van der Waals surface area contributed by atoms with Crippen molar-refractivity contribution in [1.29, 1.82) is 0 Å². The van der Waals surface area contributed by atoms with E-state index in [1.807, 2.05) is 31.3 Å². The Balaban J connectivity index is 2.25. The molecule has 134 valence electrons. The molecule has 1 atom stereocenters. The van der Waals surface area contributed by atoms with E-state index in [0.717, 1.165) is 17.7 Å². The zero-order chi connectivity index (χ0) is 18.2. The highest BCUT2D eigenvalue weighted by Crippen LogP contribution is 2.24. The van der Waals surface area contributed by atoms with Gasteiger partial charge in [0, 0.05) is 13.0 Å². The van der Waals surface area contributed by atoms with Crippen molar-refractivity contribution in [3.05, 3.63) is 64.7 Å². The van der Waals surface area contributed by atoms with Gasteiger partial charge in [-0.15, -0.1) is 0 Å². The quantitative estimate of drug-likeness (QED) is 0.775. The number of carbonyl (C=O) groups excluding carboxylic acids is 1. The van der Waals surface area contributed by atoms with Crippen molar-refractivity contribution in [2.24, 2.45) is 0 Å². The zero-order valence-corrected chi connectivity index (χ0v) is 15.6. The lowest BCUT2D eigenvalue weighted by Gasteiger charge is -2.21. The molecule has 25 heavy (non-hydrogen) atoms. The Hall–Kier alpha value is -2.33. The van der Waals surface area contributed by atoms with Crippen molar-refractivity contribution in [2.45, 2.75) is 32.7 Å². The number of benzene rings is 2. The first-order chi connectivity index (χ1) is 12.0. The van der Waals surface area contributed by atoms with Gasteiger partial charge in [-0.2, -0.15) is 0 Å². The summed E-state index contributed by atoms with van der Waals surface area (Å²) in [6.07, 6.45) is 1.21. The first-order valence-corrected chi connectivity index (χ1v) is 8.67. The second kappa shape index (κ2) is 9.23. The smallest absolute Gasteiger partial charge is 0.221 e. The van der Waals surface area contributed by atoms with E-state index in [0.29, 0.717) is 13.0 Å². The van der Waals surface area contributed by atoms with Gasteiger partial charge >= 0.3 is 0 Å². The van der Waals surface area contributed by atoms with Crippen LogP contribution in [0.3, 0.4) is 0 Å². The second-order valence-electron chi connectivity index (χ2n) is 6.45. The van der Waals surface area contributed by atoms with Gasteiger partial charge in [0.1, 0.15) is 5.75 Å². The second-order valence-corrected chi connectivity index (χ2v) is 6.45. The van der Waals surface area contributed by atoms with Crippen molar-refractivity contribution in [3.8, 4) is 5.75 Å². The monoisotopic (exact) mass is 340 g/mol. The van der Waals surface area contributed by atoms with Crippen LogP contribution in [0.2, 0.25) is 0 Å². The van der Waals surface area contributed by atoms with Crippen LogP contribution in [-0.4, -0.2) is 26.6 Å². The van der Waals surface area contributed by atoms with E-state index >= 15 is 0 Å². The van der Waals surface area contributed by atoms with E-state index in [1.54, 1.807) is 7.11 Å². The number of carbonyl (C=O) groups is 1. The Morgan fingerprint density at radius 2 is 1.84 bits per heavy atom. The average Bonchev–Trinajstić information content (AvgIpc) is 2.58. The number of nitrogens with one attached hydrogen (secondary N) is 2. The van der Waals surface area contributed by atoms with Crippen LogP contribution < -0.4 is 15.4 Å². The summed E-state index contributed by atoms with van der Waals surface area (Å²) in [7, 11) is 3.51. The first-order valence-electron chi connectivity index (χ1n) is 8.67. The number of hydrogen-bond acceptors (Lipinski definition) is 3. The molecular formula is C21H28N2O2. The molecule has 0 heterocycles. The van der Waals surface area contributed by atoms with Crippen molar-refractivity contribution in [3.63, 3.8) is 0 Å². The Kier molecular flexibility index (Phi) is 7.02. The van der Waals surface area contributed by atoms with E-state index < -0.39 is 0 Å². The van der Waals surface area contributed by atoms with Gasteiger partial charge in [-0.25, -0.2) is 0 Å². The molecule has 0 aliphatic heterocycles. The molecule has 0 aromatic heterocycles. The van der Waals surface area contributed by atoms with Crippen molar-refractivity contribution >= 4 is 5.91 Å². The molecule has 4 nitrogen and oxygen atoms in total. The summed E-state index contributed by atoms with van der Waals surface area (Å²) in [5, 5.41) is 6.19. The maximum Gasteiger partial charge on any atom is 0.221 e. The molecule has 1 amide bonds. The van der Waals surface area contributed by atoms with Gasteiger partial charge in [-0.05, 0) is 50.6 Å². The molecule has 0 spiro atoms. The minimum atomic E-state index is -0.0827. The average molecular weight is 340 g/mol. The maximum atomic E-state index is 12.3. The molecule has 1 unspecified atom stereocenters. The Bertz CT molecular complexity index is 693. The van der Waals surface area contributed by atoms with Crippen LogP contribution in [0.15, 0.2) is 42.5 Å². The van der Waals surface area contributed by atoms with Crippen molar-refractivity contribution < 1.29 is 9.53 Å². The van der Waals surface area contributed by atoms with Crippen molar-refractivity contribution in [1.82, 2.24) is 10.6 Å². The van der Waals surface area contributed by atoms with Gasteiger partial charge in [-0.1, -0.05) is 41.5 Å². The predicted octanol–water partition coefficient (Wildman–Crippen LogP) is 3.32. The SMILES string of the molecule is CNCCC(=O)NC(Cc1cc(C)cc(C)c1)c1cccc(OC)c1. The third kappa shape index (κ3) is 5.91. The highest BCUT2D eigenvalue weighted by atomic mass is 16.5. The summed E-state index contributed by atoms with van der Waals surface area (Å²) >= 11 is 0. The number of methoxy groups -OCH3 is 1. The summed E-state index contributed by atoms with van der Waals surface area (Å²) in [6.45, 7) is 4.87. The van der Waals surface area contributed by atoms with Gasteiger partial charge in [0.15, 0.2) is 0 Å². The highest BCUT2D eigenvalue weighted by Gasteiger charge is 2.16. The van der Waals surface area contributed by atoms with Gasteiger partial charge in [0.25, 0.3) is 0 Å². The minimum Gasteiger partial charge on any atom is -0.497 e. The van der Waals surface area contributed by atoms with Crippen LogP contribution in [0.4, 0.5) is 0 Å². The van der Waals surface area contributed by atoms with Crippen LogP contribution in [0.1, 0.15) is 34.7 Å². The summed E-state index contributed by atoms with van der Waals surface area (Å²) in [5.74, 6) is 0.846. The predicted molar refractivity (Wildman–Crippen MR) is 102 cm³/mol. The summed E-state index contributed by atoms with van der Waals surface area (Å²) < 4.78 is 5.34. The molecule has 0 radical (unpaired) electrons. The third-order valence-electron chi connectivity index (χ3n) is 4.15. The van der Waals surface area contributed by atoms with Gasteiger partial charge < -0.3 is 15.4 Å². The fourth-order valence-corrected chi connectivity index (χ4v) is 3.04. The summed E-state index contributed by atoms with van der Waals surface area (Å²) in [4.78, 5) is 12.3. The number of amides is 1. The largest absolute Gasteiger partial charge is 0.497 e. The lowest BCUT2D eigenvalue weighted by atomic mass is 9.96. The maximum absolute atomic E-state index is 12.3. The Morgan fingerprint density at radius 1 is 1.12 bits per heavy atom. The fourth-order valence-electron chi connectivity index (χ4n) is 3.04. The molecule has 0 aliphatic carbocycles. The first kappa shape index (κ1) is 19.0.